The summed E-state index contributed by atoms with van der Waals surface area (Å²) in [6.07, 6.45) is -0.462. The summed E-state index contributed by atoms with van der Waals surface area (Å²) in [4.78, 5) is 25.1. The highest BCUT2D eigenvalue weighted by molar-refractivity contribution is 7.85. The largest absolute Gasteiger partial charge is 0.400 e. The molecule has 0 saturated heterocycles. The molecule has 4 aromatic rings. The molecule has 0 spiro atoms. The summed E-state index contributed by atoms with van der Waals surface area (Å²) in [6.45, 7) is 1.35. The molecular formula is C19H12F4N4O2S2. The topological polar surface area (TPSA) is 77.7 Å². The van der Waals surface area contributed by atoms with Gasteiger partial charge < -0.3 is 0 Å². The van der Waals surface area contributed by atoms with E-state index in [1.807, 2.05) is 0 Å². The van der Waals surface area contributed by atoms with Crippen molar-refractivity contribution in [3.05, 3.63) is 64.7 Å². The number of hydrogen-bond acceptors (Lipinski definition) is 6. The number of pyridine rings is 1. The zero-order valence-electron chi connectivity index (χ0n) is 15.7. The predicted octanol–water partition coefficient (Wildman–Crippen LogP) is 4.02. The Kier molecular flexibility index (Phi) is 5.43. The summed E-state index contributed by atoms with van der Waals surface area (Å²) in [5.74, 6) is -2.43. The number of alkyl halides is 3. The van der Waals surface area contributed by atoms with Crippen molar-refractivity contribution in [1.82, 2.24) is 19.5 Å². The summed E-state index contributed by atoms with van der Waals surface area (Å²) >= 11 is 1.04. The van der Waals surface area contributed by atoms with Crippen LogP contribution in [0.5, 0.6) is 0 Å². The minimum absolute atomic E-state index is 0.0857. The van der Waals surface area contributed by atoms with Crippen LogP contribution >= 0.6 is 11.3 Å². The summed E-state index contributed by atoms with van der Waals surface area (Å²) in [5, 5.41) is 0.488. The second kappa shape index (κ2) is 7.93. The first-order chi connectivity index (χ1) is 14.6. The normalized spacial score (nSPS) is 12.9. The fourth-order valence-electron chi connectivity index (χ4n) is 2.90. The second-order valence-corrected chi connectivity index (χ2v) is 8.93. The van der Waals surface area contributed by atoms with E-state index in [-0.39, 0.29) is 26.5 Å². The van der Waals surface area contributed by atoms with Crippen LogP contribution < -0.4 is 5.56 Å². The van der Waals surface area contributed by atoms with Crippen LogP contribution in [0.4, 0.5) is 17.6 Å². The number of thiazole rings is 1. The molecule has 3 aromatic heterocycles. The van der Waals surface area contributed by atoms with Gasteiger partial charge in [0, 0.05) is 22.9 Å². The number of aryl methyl sites for hydroxylation is 1. The zero-order chi connectivity index (χ0) is 22.3. The Bertz CT molecular complexity index is 1370. The van der Waals surface area contributed by atoms with Crippen LogP contribution in [-0.2, 0) is 10.8 Å². The van der Waals surface area contributed by atoms with Crippen molar-refractivity contribution in [3.8, 4) is 16.3 Å². The summed E-state index contributed by atoms with van der Waals surface area (Å²) < 4.78 is 65.8. The van der Waals surface area contributed by atoms with Crippen molar-refractivity contribution >= 4 is 32.5 Å². The molecule has 1 unspecified atom stereocenters. The van der Waals surface area contributed by atoms with Crippen LogP contribution in [0.25, 0.3) is 26.6 Å². The Morgan fingerprint density at radius 2 is 2.03 bits per heavy atom. The highest BCUT2D eigenvalue weighted by atomic mass is 32.2. The first-order valence-electron chi connectivity index (χ1n) is 8.68. The van der Waals surface area contributed by atoms with Crippen molar-refractivity contribution in [2.75, 3.05) is 5.75 Å². The molecule has 0 aliphatic carbocycles. The van der Waals surface area contributed by atoms with Gasteiger partial charge in [-0.05, 0) is 36.8 Å². The highest BCUT2D eigenvalue weighted by Gasteiger charge is 2.32. The Balaban J connectivity index is 1.83. The molecular weight excluding hydrogens is 456 g/mol. The van der Waals surface area contributed by atoms with E-state index in [9.17, 15) is 26.6 Å². The van der Waals surface area contributed by atoms with Crippen molar-refractivity contribution in [3.63, 3.8) is 0 Å². The molecule has 6 nitrogen and oxygen atoms in total. The number of halogens is 4. The number of hydrogen-bond donors (Lipinski definition) is 0. The summed E-state index contributed by atoms with van der Waals surface area (Å²) in [6, 6.07) is 5.40. The van der Waals surface area contributed by atoms with Gasteiger partial charge in [-0.2, -0.15) is 13.2 Å². The molecule has 160 valence electrons. The monoisotopic (exact) mass is 468 g/mol. The summed E-state index contributed by atoms with van der Waals surface area (Å²) in [5.41, 5.74) is -0.0799. The number of benzene rings is 1. The molecule has 0 fully saturated rings. The molecule has 4 rings (SSSR count). The van der Waals surface area contributed by atoms with Gasteiger partial charge in [0.25, 0.3) is 5.56 Å². The van der Waals surface area contributed by atoms with E-state index < -0.39 is 34.1 Å². The molecule has 12 heteroatoms. The molecule has 0 amide bonds. The lowest BCUT2D eigenvalue weighted by Gasteiger charge is -2.12. The van der Waals surface area contributed by atoms with E-state index in [1.54, 1.807) is 24.5 Å². The Hall–Kier alpha value is -2.99. The smallest absolute Gasteiger partial charge is 0.267 e. The van der Waals surface area contributed by atoms with E-state index in [2.05, 4.69) is 15.0 Å². The molecule has 31 heavy (non-hydrogen) atoms. The third-order valence-electron chi connectivity index (χ3n) is 4.27. The number of nitrogens with zero attached hydrogens (tertiary/aromatic N) is 4. The number of fused-ring (bicyclic) bond motifs is 1. The number of rotatable bonds is 4. The van der Waals surface area contributed by atoms with E-state index >= 15 is 0 Å². The molecule has 0 aliphatic rings. The minimum atomic E-state index is -4.66. The third-order valence-corrected chi connectivity index (χ3v) is 6.87. The molecule has 1 aromatic carbocycles. The van der Waals surface area contributed by atoms with E-state index in [4.69, 9.17) is 0 Å². The third kappa shape index (κ3) is 4.26. The molecule has 0 radical (unpaired) electrons. The van der Waals surface area contributed by atoms with Crippen LogP contribution in [0.2, 0.25) is 0 Å². The van der Waals surface area contributed by atoms with Crippen molar-refractivity contribution < 1.29 is 21.8 Å². The summed E-state index contributed by atoms with van der Waals surface area (Å²) in [7, 11) is -2.46. The van der Waals surface area contributed by atoms with Gasteiger partial charge >= 0.3 is 6.18 Å². The highest BCUT2D eigenvalue weighted by Crippen LogP contribution is 2.28. The molecule has 1 atom stereocenters. The maximum atomic E-state index is 14.6. The van der Waals surface area contributed by atoms with Gasteiger partial charge in [0.1, 0.15) is 27.6 Å². The lowest BCUT2D eigenvalue weighted by Crippen LogP contribution is -2.21. The van der Waals surface area contributed by atoms with Crippen LogP contribution in [0.15, 0.2) is 52.7 Å². The van der Waals surface area contributed by atoms with Crippen LogP contribution in [0.3, 0.4) is 0 Å². The molecule has 0 bridgehead atoms. The van der Waals surface area contributed by atoms with Crippen LogP contribution in [0.1, 0.15) is 5.56 Å². The zero-order valence-corrected chi connectivity index (χ0v) is 17.3. The maximum Gasteiger partial charge on any atom is 0.400 e. The van der Waals surface area contributed by atoms with Gasteiger partial charge in [0.2, 0.25) is 0 Å². The first kappa shape index (κ1) is 21.2. The first-order valence-corrected chi connectivity index (χ1v) is 10.8. The molecule has 0 N–H and O–H groups in total. The van der Waals surface area contributed by atoms with Crippen molar-refractivity contribution in [1.29, 1.82) is 0 Å². The van der Waals surface area contributed by atoms with Crippen molar-refractivity contribution in [2.45, 2.75) is 18.0 Å². The molecule has 3 heterocycles. The second-order valence-electron chi connectivity index (χ2n) is 6.51. The maximum absolute atomic E-state index is 14.6. The minimum Gasteiger partial charge on any atom is -0.267 e. The van der Waals surface area contributed by atoms with Gasteiger partial charge in [0.15, 0.2) is 5.65 Å². The Labute approximate surface area is 178 Å². The standard InChI is InChI=1S/C19H12F4N4O2S2/c1-10-5-12(20)13(6-14(10)31(29)8-19(21,22)23)27-9-25-16-15(18(27)28)30-17(26-16)11-3-2-4-24-7-11/h2-7,9H,8H2,1H3. The lowest BCUT2D eigenvalue weighted by atomic mass is 10.2. The van der Waals surface area contributed by atoms with Gasteiger partial charge in [0.05, 0.1) is 16.5 Å². The Morgan fingerprint density at radius 3 is 2.71 bits per heavy atom. The van der Waals surface area contributed by atoms with Gasteiger partial charge in [-0.1, -0.05) is 0 Å². The fraction of sp³-hybridized carbons (Fsp3) is 0.158. The Morgan fingerprint density at radius 1 is 1.26 bits per heavy atom. The predicted molar refractivity (Wildman–Crippen MR) is 108 cm³/mol. The van der Waals surface area contributed by atoms with E-state index in [0.29, 0.717) is 10.6 Å². The van der Waals surface area contributed by atoms with E-state index in [0.717, 1.165) is 34.4 Å². The van der Waals surface area contributed by atoms with E-state index in [1.165, 1.54) is 6.92 Å². The average Bonchev–Trinajstić information content (AvgIpc) is 3.14. The van der Waals surface area contributed by atoms with Crippen LogP contribution in [0, 0.1) is 12.7 Å². The molecule has 0 saturated carbocycles. The van der Waals surface area contributed by atoms with Gasteiger partial charge in [-0.15, -0.1) is 11.3 Å². The lowest BCUT2D eigenvalue weighted by molar-refractivity contribution is -0.105. The van der Waals surface area contributed by atoms with Crippen LogP contribution in [-0.4, -0.2) is 35.7 Å². The van der Waals surface area contributed by atoms with Gasteiger partial charge in [-0.25, -0.2) is 14.4 Å². The SMILES string of the molecule is Cc1cc(F)c(-n2cnc3nc(-c4cccnc4)sc3c2=O)cc1S(=O)CC(F)(F)F. The number of aromatic nitrogens is 4. The van der Waals surface area contributed by atoms with Crippen molar-refractivity contribution in [2.24, 2.45) is 0 Å². The average molecular weight is 468 g/mol. The fourth-order valence-corrected chi connectivity index (χ4v) is 4.95. The van der Waals surface area contributed by atoms with Gasteiger partial charge in [-0.3, -0.25) is 18.6 Å². The molecule has 0 aliphatic heterocycles. The quantitative estimate of drug-likeness (QED) is 0.423.